The van der Waals surface area contributed by atoms with Gasteiger partial charge in [-0.2, -0.15) is 0 Å². The smallest absolute Gasteiger partial charge is 0.303 e. The minimum Gasteiger partial charge on any atom is -0.453 e. The lowest BCUT2D eigenvalue weighted by atomic mass is 9.98. The maximum atomic E-state index is 12.3. The lowest BCUT2D eigenvalue weighted by molar-refractivity contribution is -0.384. The SMILES string of the molecule is CC(=O)OC(C)C(=O)NCc1cccc(-c2ccc(C3OC(CN4CCN(c5ccc([N+](=O)[O-])cc5)CC4)CC(c4ccc(CO)cc4)O3)cc2)c1. The molecular formula is C40H44N4O8. The van der Waals surface area contributed by atoms with Gasteiger partial charge in [0.05, 0.1) is 23.7 Å². The van der Waals surface area contributed by atoms with Crippen molar-refractivity contribution < 1.29 is 33.8 Å². The standard InChI is InChI=1S/C40H44N4O8/c1-27(50-28(2)46)39(47)41-24-30-4-3-5-34(22-30)31-10-12-33(13-11-31)40-51-37(23-38(52-40)32-8-6-29(26-45)7-9-32)25-42-18-20-43(21-19-42)35-14-16-36(17-15-35)44(48)49/h3-17,22,27,37-38,40,45H,18-21,23-26H2,1-2H3,(H,41,47). The molecule has 4 atom stereocenters. The molecule has 2 aliphatic heterocycles. The highest BCUT2D eigenvalue weighted by atomic mass is 16.7. The zero-order chi connectivity index (χ0) is 36.6. The molecule has 1 amide bonds. The van der Waals surface area contributed by atoms with Crippen LogP contribution in [0.25, 0.3) is 11.1 Å². The van der Waals surface area contributed by atoms with Crippen molar-refractivity contribution >= 4 is 23.3 Å². The highest BCUT2D eigenvalue weighted by Crippen LogP contribution is 2.39. The number of piperazine rings is 1. The van der Waals surface area contributed by atoms with Crippen LogP contribution in [-0.2, 0) is 37.0 Å². The van der Waals surface area contributed by atoms with Crippen molar-refractivity contribution in [2.75, 3.05) is 37.6 Å². The predicted molar refractivity (Wildman–Crippen MR) is 195 cm³/mol. The molecule has 2 saturated heterocycles. The van der Waals surface area contributed by atoms with Gasteiger partial charge in [-0.25, -0.2) is 0 Å². The molecule has 0 bridgehead atoms. The second-order valence-corrected chi connectivity index (χ2v) is 13.2. The number of hydrogen-bond donors (Lipinski definition) is 2. The maximum Gasteiger partial charge on any atom is 0.303 e. The third kappa shape index (κ3) is 9.39. The summed E-state index contributed by atoms with van der Waals surface area (Å²) in [6.07, 6.45) is -1.07. The number of ether oxygens (including phenoxy) is 3. The van der Waals surface area contributed by atoms with E-state index < -0.39 is 18.4 Å². The minimum absolute atomic E-state index is 0.0226. The van der Waals surface area contributed by atoms with Gasteiger partial charge in [0.2, 0.25) is 0 Å². The zero-order valence-electron chi connectivity index (χ0n) is 29.4. The number of aliphatic hydroxyl groups excluding tert-OH is 1. The third-order valence-electron chi connectivity index (χ3n) is 9.50. The summed E-state index contributed by atoms with van der Waals surface area (Å²) in [5.74, 6) is -0.861. The molecule has 272 valence electrons. The van der Waals surface area contributed by atoms with Crippen LogP contribution in [0.15, 0.2) is 97.1 Å². The molecule has 0 radical (unpaired) electrons. The summed E-state index contributed by atoms with van der Waals surface area (Å²) in [6.45, 7) is 7.11. The molecule has 12 nitrogen and oxygen atoms in total. The fourth-order valence-corrected chi connectivity index (χ4v) is 6.62. The van der Waals surface area contributed by atoms with Crippen molar-refractivity contribution in [3.63, 3.8) is 0 Å². The number of nitrogens with zero attached hydrogens (tertiary/aromatic N) is 3. The van der Waals surface area contributed by atoms with E-state index in [-0.39, 0.29) is 35.3 Å². The van der Waals surface area contributed by atoms with Gasteiger partial charge in [-0.3, -0.25) is 24.6 Å². The number of carbonyl (C=O) groups is 2. The number of aliphatic hydroxyl groups is 1. The normalized spacial score (nSPS) is 19.8. The molecule has 0 spiro atoms. The number of non-ortho nitro benzene ring substituents is 1. The monoisotopic (exact) mass is 708 g/mol. The van der Waals surface area contributed by atoms with Crippen molar-refractivity contribution in [2.45, 2.75) is 58.0 Å². The van der Waals surface area contributed by atoms with Gasteiger partial charge < -0.3 is 29.5 Å². The zero-order valence-corrected chi connectivity index (χ0v) is 29.4. The average Bonchev–Trinajstić information content (AvgIpc) is 3.17. The van der Waals surface area contributed by atoms with Crippen molar-refractivity contribution in [3.05, 3.63) is 129 Å². The molecule has 4 aromatic rings. The first-order valence-electron chi connectivity index (χ1n) is 17.5. The molecule has 52 heavy (non-hydrogen) atoms. The number of rotatable bonds is 12. The summed E-state index contributed by atoms with van der Waals surface area (Å²) in [4.78, 5) is 38.8. The van der Waals surface area contributed by atoms with Gasteiger partial charge in [0.1, 0.15) is 0 Å². The Labute approximate surface area is 303 Å². The van der Waals surface area contributed by atoms with Crippen molar-refractivity contribution in [3.8, 4) is 11.1 Å². The summed E-state index contributed by atoms with van der Waals surface area (Å²) in [5.41, 5.74) is 6.74. The molecule has 2 N–H and O–H groups in total. The van der Waals surface area contributed by atoms with Crippen LogP contribution in [0.3, 0.4) is 0 Å². The Bertz CT molecular complexity index is 1830. The van der Waals surface area contributed by atoms with Crippen molar-refractivity contribution in [2.24, 2.45) is 0 Å². The highest BCUT2D eigenvalue weighted by molar-refractivity contribution is 5.82. The van der Waals surface area contributed by atoms with Crippen LogP contribution in [0.4, 0.5) is 11.4 Å². The molecule has 4 unspecified atom stereocenters. The Morgan fingerprint density at radius 3 is 2.25 bits per heavy atom. The Kier molecular flexibility index (Phi) is 11.9. The topological polar surface area (TPSA) is 144 Å². The van der Waals surface area contributed by atoms with E-state index >= 15 is 0 Å². The molecule has 0 saturated carbocycles. The number of nitro benzene ring substituents is 1. The minimum atomic E-state index is -0.865. The van der Waals surface area contributed by atoms with Gasteiger partial charge in [0.15, 0.2) is 12.4 Å². The van der Waals surface area contributed by atoms with Gasteiger partial charge in [-0.05, 0) is 52.9 Å². The first-order valence-corrected chi connectivity index (χ1v) is 17.5. The number of hydrogen-bond acceptors (Lipinski definition) is 10. The van der Waals surface area contributed by atoms with E-state index in [1.807, 2.05) is 84.9 Å². The number of nitro groups is 1. The van der Waals surface area contributed by atoms with Crippen LogP contribution >= 0.6 is 0 Å². The Morgan fingerprint density at radius 1 is 0.904 bits per heavy atom. The van der Waals surface area contributed by atoms with Gasteiger partial charge in [0.25, 0.3) is 11.6 Å². The van der Waals surface area contributed by atoms with Crippen molar-refractivity contribution in [1.29, 1.82) is 0 Å². The summed E-state index contributed by atoms with van der Waals surface area (Å²) in [5, 5.41) is 23.5. The van der Waals surface area contributed by atoms with Crippen LogP contribution in [0.5, 0.6) is 0 Å². The van der Waals surface area contributed by atoms with Gasteiger partial charge in [-0.1, -0.05) is 66.7 Å². The molecule has 12 heteroatoms. The van der Waals surface area contributed by atoms with E-state index in [4.69, 9.17) is 14.2 Å². The summed E-state index contributed by atoms with van der Waals surface area (Å²) < 4.78 is 18.2. The Hall–Kier alpha value is -5.14. The quantitative estimate of drug-likeness (QED) is 0.107. The number of anilines is 1. The maximum absolute atomic E-state index is 12.3. The summed E-state index contributed by atoms with van der Waals surface area (Å²) >= 11 is 0. The number of nitrogens with one attached hydrogen (secondary N) is 1. The van der Waals surface area contributed by atoms with Crippen LogP contribution < -0.4 is 10.2 Å². The first-order chi connectivity index (χ1) is 25.1. The number of benzene rings is 4. The Balaban J connectivity index is 1.12. The first kappa shape index (κ1) is 36.6. The largest absolute Gasteiger partial charge is 0.453 e. The molecule has 2 aliphatic rings. The van der Waals surface area contributed by atoms with Gasteiger partial charge in [0, 0.05) is 76.0 Å². The van der Waals surface area contributed by atoms with E-state index in [0.717, 1.165) is 71.8 Å². The number of amides is 1. The lowest BCUT2D eigenvalue weighted by Gasteiger charge is -2.41. The molecule has 2 heterocycles. The second-order valence-electron chi connectivity index (χ2n) is 13.2. The highest BCUT2D eigenvalue weighted by Gasteiger charge is 2.34. The van der Waals surface area contributed by atoms with Crippen LogP contribution in [0.2, 0.25) is 0 Å². The molecule has 6 rings (SSSR count). The third-order valence-corrected chi connectivity index (χ3v) is 9.50. The van der Waals surface area contributed by atoms with E-state index in [0.29, 0.717) is 13.0 Å². The van der Waals surface area contributed by atoms with E-state index in [2.05, 4.69) is 15.1 Å². The molecule has 4 aromatic carbocycles. The molecule has 0 aromatic heterocycles. The molecule has 2 fully saturated rings. The Morgan fingerprint density at radius 2 is 1.60 bits per heavy atom. The van der Waals surface area contributed by atoms with Crippen LogP contribution in [-0.4, -0.2) is 71.7 Å². The fraction of sp³-hybridized carbons (Fsp3) is 0.350. The van der Waals surface area contributed by atoms with E-state index in [9.17, 15) is 24.8 Å². The van der Waals surface area contributed by atoms with Crippen LogP contribution in [0.1, 0.15) is 54.9 Å². The number of esters is 1. The van der Waals surface area contributed by atoms with E-state index in [1.165, 1.54) is 6.92 Å². The number of carbonyl (C=O) groups excluding carboxylic acids is 2. The average molecular weight is 709 g/mol. The predicted octanol–water partition coefficient (Wildman–Crippen LogP) is 5.69. The van der Waals surface area contributed by atoms with Crippen molar-refractivity contribution in [1.82, 2.24) is 10.2 Å². The van der Waals surface area contributed by atoms with Crippen LogP contribution in [0, 0.1) is 10.1 Å². The van der Waals surface area contributed by atoms with Gasteiger partial charge in [-0.15, -0.1) is 0 Å². The summed E-state index contributed by atoms with van der Waals surface area (Å²) in [7, 11) is 0. The molecular weight excluding hydrogens is 664 g/mol. The molecule has 0 aliphatic carbocycles. The lowest BCUT2D eigenvalue weighted by Crippen LogP contribution is -2.49. The summed E-state index contributed by atoms with van der Waals surface area (Å²) in [6, 6.07) is 30.6. The fourth-order valence-electron chi connectivity index (χ4n) is 6.62. The van der Waals surface area contributed by atoms with E-state index in [1.54, 1.807) is 19.1 Å². The second kappa shape index (κ2) is 16.9. The van der Waals surface area contributed by atoms with Gasteiger partial charge >= 0.3 is 5.97 Å².